The van der Waals surface area contributed by atoms with Gasteiger partial charge < -0.3 is 0 Å². The molecule has 2 aromatic heterocycles. The fourth-order valence-corrected chi connectivity index (χ4v) is 3.39. The van der Waals surface area contributed by atoms with Crippen LogP contribution in [0.1, 0.15) is 24.4 Å². The molecule has 0 aliphatic rings. The van der Waals surface area contributed by atoms with E-state index in [1.807, 2.05) is 12.3 Å². The highest BCUT2D eigenvalue weighted by Crippen LogP contribution is 2.21. The SMILES string of the molecule is CC[C@H](NS(=O)(=O)c1cn[nH]c1)c1nccs1. The molecule has 0 saturated heterocycles. The Bertz CT molecular complexity index is 548. The minimum Gasteiger partial charge on any atom is -0.284 e. The van der Waals surface area contributed by atoms with E-state index in [1.54, 1.807) is 6.20 Å². The third kappa shape index (κ3) is 2.71. The molecule has 0 saturated carbocycles. The van der Waals surface area contributed by atoms with Gasteiger partial charge in [0.2, 0.25) is 10.0 Å². The lowest BCUT2D eigenvalue weighted by Gasteiger charge is -2.13. The van der Waals surface area contributed by atoms with Gasteiger partial charge in [-0.15, -0.1) is 11.3 Å². The highest BCUT2D eigenvalue weighted by atomic mass is 32.2. The predicted molar refractivity (Wildman–Crippen MR) is 64.1 cm³/mol. The molecule has 0 unspecified atom stereocenters. The van der Waals surface area contributed by atoms with Gasteiger partial charge in [0.15, 0.2) is 0 Å². The van der Waals surface area contributed by atoms with Crippen LogP contribution in [-0.4, -0.2) is 23.6 Å². The minimum absolute atomic E-state index is 0.132. The number of aromatic nitrogens is 3. The molecule has 0 aliphatic heterocycles. The van der Waals surface area contributed by atoms with Crippen molar-refractivity contribution >= 4 is 21.4 Å². The summed E-state index contributed by atoms with van der Waals surface area (Å²) in [6.07, 6.45) is 4.92. The first-order valence-corrected chi connectivity index (χ1v) is 7.40. The summed E-state index contributed by atoms with van der Waals surface area (Å²) in [7, 11) is -3.53. The number of nitrogens with zero attached hydrogens (tertiary/aromatic N) is 2. The van der Waals surface area contributed by atoms with Gasteiger partial charge in [-0.3, -0.25) is 5.10 Å². The third-order valence-electron chi connectivity index (χ3n) is 2.24. The third-order valence-corrected chi connectivity index (χ3v) is 4.57. The maximum atomic E-state index is 12.0. The largest absolute Gasteiger partial charge is 0.284 e. The summed E-state index contributed by atoms with van der Waals surface area (Å²) in [5.74, 6) is 0. The second-order valence-corrected chi connectivity index (χ2v) is 6.03. The summed E-state index contributed by atoms with van der Waals surface area (Å²) in [5, 5.41) is 8.69. The van der Waals surface area contributed by atoms with E-state index in [0.717, 1.165) is 5.01 Å². The quantitative estimate of drug-likeness (QED) is 0.858. The molecular formula is C9H12N4O2S2. The van der Waals surface area contributed by atoms with E-state index in [1.165, 1.54) is 23.7 Å². The van der Waals surface area contributed by atoms with Crippen molar-refractivity contribution in [3.8, 4) is 0 Å². The number of thiazole rings is 1. The monoisotopic (exact) mass is 272 g/mol. The van der Waals surface area contributed by atoms with Crippen LogP contribution in [0.2, 0.25) is 0 Å². The number of hydrogen-bond acceptors (Lipinski definition) is 5. The first-order chi connectivity index (χ1) is 8.13. The fraction of sp³-hybridized carbons (Fsp3) is 0.333. The zero-order valence-electron chi connectivity index (χ0n) is 9.12. The lowest BCUT2D eigenvalue weighted by molar-refractivity contribution is 0.549. The number of hydrogen-bond donors (Lipinski definition) is 2. The lowest BCUT2D eigenvalue weighted by atomic mass is 10.3. The zero-order chi connectivity index (χ0) is 12.3. The van der Waals surface area contributed by atoms with E-state index >= 15 is 0 Å². The number of aromatic amines is 1. The molecule has 0 radical (unpaired) electrons. The van der Waals surface area contributed by atoms with Crippen molar-refractivity contribution in [1.29, 1.82) is 0 Å². The zero-order valence-corrected chi connectivity index (χ0v) is 10.8. The molecule has 2 rings (SSSR count). The summed E-state index contributed by atoms with van der Waals surface area (Å²) in [6.45, 7) is 1.91. The maximum Gasteiger partial charge on any atom is 0.244 e. The molecule has 0 aromatic carbocycles. The van der Waals surface area contributed by atoms with E-state index in [2.05, 4.69) is 19.9 Å². The van der Waals surface area contributed by atoms with Crippen molar-refractivity contribution in [3.05, 3.63) is 29.0 Å². The van der Waals surface area contributed by atoms with Gasteiger partial charge in [-0.05, 0) is 6.42 Å². The average Bonchev–Trinajstić information content (AvgIpc) is 2.97. The molecular weight excluding hydrogens is 260 g/mol. The molecule has 0 aliphatic carbocycles. The van der Waals surface area contributed by atoms with Crippen LogP contribution in [0.4, 0.5) is 0 Å². The van der Waals surface area contributed by atoms with Crippen molar-refractivity contribution in [2.45, 2.75) is 24.3 Å². The van der Waals surface area contributed by atoms with Crippen molar-refractivity contribution < 1.29 is 8.42 Å². The van der Waals surface area contributed by atoms with Crippen molar-refractivity contribution in [2.75, 3.05) is 0 Å². The van der Waals surface area contributed by atoms with Crippen molar-refractivity contribution in [1.82, 2.24) is 19.9 Å². The van der Waals surface area contributed by atoms with Gasteiger partial charge in [-0.25, -0.2) is 18.1 Å². The lowest BCUT2D eigenvalue weighted by Crippen LogP contribution is -2.28. The van der Waals surface area contributed by atoms with Crippen LogP contribution < -0.4 is 4.72 Å². The molecule has 92 valence electrons. The van der Waals surface area contributed by atoms with Gasteiger partial charge in [0.05, 0.1) is 12.2 Å². The van der Waals surface area contributed by atoms with Crippen LogP contribution in [-0.2, 0) is 10.0 Å². The molecule has 8 heteroatoms. The molecule has 2 heterocycles. The Hall–Kier alpha value is -1.25. The van der Waals surface area contributed by atoms with Crippen molar-refractivity contribution in [3.63, 3.8) is 0 Å². The molecule has 6 nitrogen and oxygen atoms in total. The average molecular weight is 272 g/mol. The Morgan fingerprint density at radius 1 is 1.59 bits per heavy atom. The normalized spacial score (nSPS) is 13.7. The Morgan fingerprint density at radius 3 is 2.94 bits per heavy atom. The smallest absolute Gasteiger partial charge is 0.244 e. The molecule has 0 amide bonds. The van der Waals surface area contributed by atoms with E-state index in [0.29, 0.717) is 6.42 Å². The number of sulfonamides is 1. The van der Waals surface area contributed by atoms with Gasteiger partial charge in [-0.1, -0.05) is 6.92 Å². The second-order valence-electron chi connectivity index (χ2n) is 3.39. The predicted octanol–water partition coefficient (Wildman–Crippen LogP) is 1.30. The highest BCUT2D eigenvalue weighted by Gasteiger charge is 2.22. The first kappa shape index (κ1) is 12.2. The number of H-pyrrole nitrogens is 1. The summed E-state index contributed by atoms with van der Waals surface area (Å²) >= 11 is 1.43. The summed E-state index contributed by atoms with van der Waals surface area (Å²) in [5.41, 5.74) is 0. The van der Waals surface area contributed by atoms with Crippen molar-refractivity contribution in [2.24, 2.45) is 0 Å². The Kier molecular flexibility index (Phi) is 3.55. The second kappa shape index (κ2) is 4.94. The fourth-order valence-electron chi connectivity index (χ4n) is 1.36. The molecule has 2 aromatic rings. The van der Waals surface area contributed by atoms with Crippen LogP contribution in [0.25, 0.3) is 0 Å². The minimum atomic E-state index is -3.53. The van der Waals surface area contributed by atoms with Crippen LogP contribution in [0.5, 0.6) is 0 Å². The molecule has 17 heavy (non-hydrogen) atoms. The molecule has 2 N–H and O–H groups in total. The number of rotatable bonds is 5. The number of nitrogens with one attached hydrogen (secondary N) is 2. The van der Waals surface area contributed by atoms with Gasteiger partial charge in [0, 0.05) is 17.8 Å². The van der Waals surface area contributed by atoms with Gasteiger partial charge >= 0.3 is 0 Å². The Balaban J connectivity index is 2.20. The highest BCUT2D eigenvalue weighted by molar-refractivity contribution is 7.89. The van der Waals surface area contributed by atoms with Crippen LogP contribution >= 0.6 is 11.3 Å². The van der Waals surface area contributed by atoms with Gasteiger partial charge in [0.1, 0.15) is 9.90 Å². The Labute approximate surface area is 103 Å². The molecule has 0 bridgehead atoms. The topological polar surface area (TPSA) is 87.7 Å². The molecule has 0 fully saturated rings. The van der Waals surface area contributed by atoms with E-state index < -0.39 is 10.0 Å². The maximum absolute atomic E-state index is 12.0. The van der Waals surface area contributed by atoms with E-state index in [9.17, 15) is 8.42 Å². The van der Waals surface area contributed by atoms with Crippen LogP contribution in [0.15, 0.2) is 28.9 Å². The first-order valence-electron chi connectivity index (χ1n) is 5.04. The van der Waals surface area contributed by atoms with E-state index in [-0.39, 0.29) is 10.9 Å². The van der Waals surface area contributed by atoms with Gasteiger partial charge in [0.25, 0.3) is 0 Å². The summed E-state index contributed by atoms with van der Waals surface area (Å²) in [4.78, 5) is 4.25. The summed E-state index contributed by atoms with van der Waals surface area (Å²) in [6, 6.07) is -0.296. The Morgan fingerprint density at radius 2 is 2.41 bits per heavy atom. The van der Waals surface area contributed by atoms with Crippen LogP contribution in [0, 0.1) is 0 Å². The molecule has 1 atom stereocenters. The molecule has 0 spiro atoms. The van der Waals surface area contributed by atoms with Crippen LogP contribution in [0.3, 0.4) is 0 Å². The van der Waals surface area contributed by atoms with E-state index in [4.69, 9.17) is 0 Å². The summed E-state index contributed by atoms with van der Waals surface area (Å²) < 4.78 is 26.5. The standard InChI is InChI=1S/C9H12N4O2S2/c1-2-8(9-10-3-4-16-9)13-17(14,15)7-5-11-12-6-7/h3-6,8,13H,2H2,1H3,(H,11,12)/t8-/m0/s1. The van der Waals surface area contributed by atoms with Gasteiger partial charge in [-0.2, -0.15) is 5.10 Å².